The number of carbonyl (C=O) groups is 1. The standard InChI is InChI=1S/C20H18ClN5O2S/c1-12-16(18(27)28-2)17(13-7-5-9-22-10-13)26-19(23-12)24-20(25-26)29-11-14-6-3-4-8-15(14)21/h3-10,17H,11H2,1-2H3,(H,23,24,25). The number of nitrogens with zero attached hydrogens (tertiary/aromatic N) is 4. The van der Waals surface area contributed by atoms with Crippen LogP contribution in [0.15, 0.2) is 65.2 Å². The smallest absolute Gasteiger partial charge is 0.338 e. The summed E-state index contributed by atoms with van der Waals surface area (Å²) in [5.41, 5.74) is 2.98. The van der Waals surface area contributed by atoms with E-state index in [1.165, 1.54) is 18.9 Å². The summed E-state index contributed by atoms with van der Waals surface area (Å²) in [6.07, 6.45) is 3.40. The van der Waals surface area contributed by atoms with Gasteiger partial charge in [0.2, 0.25) is 11.1 Å². The summed E-state index contributed by atoms with van der Waals surface area (Å²) in [6.45, 7) is 1.82. The summed E-state index contributed by atoms with van der Waals surface area (Å²) in [5, 5.41) is 9.10. The Balaban J connectivity index is 1.69. The van der Waals surface area contributed by atoms with Crippen LogP contribution in [0.4, 0.5) is 5.95 Å². The van der Waals surface area contributed by atoms with Gasteiger partial charge in [0.1, 0.15) is 6.04 Å². The van der Waals surface area contributed by atoms with Crippen LogP contribution in [0.2, 0.25) is 5.02 Å². The minimum atomic E-state index is -0.477. The summed E-state index contributed by atoms with van der Waals surface area (Å²) in [4.78, 5) is 21.3. The Kier molecular flexibility index (Phi) is 5.55. The lowest BCUT2D eigenvalue weighted by molar-refractivity contribution is -0.136. The number of esters is 1. The molecule has 0 saturated heterocycles. The second-order valence-corrected chi connectivity index (χ2v) is 7.74. The maximum atomic E-state index is 12.5. The summed E-state index contributed by atoms with van der Waals surface area (Å²) in [5.74, 6) is 0.776. The number of nitrogens with one attached hydrogen (secondary N) is 1. The van der Waals surface area contributed by atoms with Gasteiger partial charge in [-0.2, -0.15) is 4.98 Å². The number of allylic oxidation sites excluding steroid dienone is 1. The van der Waals surface area contributed by atoms with E-state index in [0.717, 1.165) is 11.1 Å². The molecule has 3 heterocycles. The second kappa shape index (κ2) is 8.26. The fraction of sp³-hybridized carbons (Fsp3) is 0.200. The van der Waals surface area contributed by atoms with Crippen molar-refractivity contribution in [2.75, 3.05) is 12.4 Å². The van der Waals surface area contributed by atoms with E-state index in [1.807, 2.05) is 43.3 Å². The Bertz CT molecular complexity index is 1080. The topological polar surface area (TPSA) is 81.9 Å². The molecule has 1 aliphatic heterocycles. The van der Waals surface area contributed by atoms with Gasteiger partial charge >= 0.3 is 5.97 Å². The number of benzene rings is 1. The van der Waals surface area contributed by atoms with Gasteiger partial charge in [-0.15, -0.1) is 5.10 Å². The number of pyridine rings is 1. The summed E-state index contributed by atoms with van der Waals surface area (Å²) in [7, 11) is 1.37. The lowest BCUT2D eigenvalue weighted by Crippen LogP contribution is -2.29. The maximum Gasteiger partial charge on any atom is 0.338 e. The molecule has 9 heteroatoms. The van der Waals surface area contributed by atoms with Gasteiger partial charge in [-0.3, -0.25) is 4.98 Å². The molecule has 0 radical (unpaired) electrons. The van der Waals surface area contributed by atoms with Crippen molar-refractivity contribution in [1.29, 1.82) is 0 Å². The SMILES string of the molecule is COC(=O)C1=C(C)Nc2nc(SCc3ccccc3Cl)nn2C1c1cccnc1. The zero-order valence-electron chi connectivity index (χ0n) is 15.8. The van der Waals surface area contributed by atoms with Crippen LogP contribution < -0.4 is 5.32 Å². The third-order valence-corrected chi connectivity index (χ3v) is 5.81. The zero-order chi connectivity index (χ0) is 20.4. The molecule has 1 atom stereocenters. The Labute approximate surface area is 177 Å². The van der Waals surface area contributed by atoms with Crippen molar-refractivity contribution in [2.45, 2.75) is 23.9 Å². The molecule has 0 bridgehead atoms. The number of halogens is 1. The van der Waals surface area contributed by atoms with Crippen LogP contribution in [0.25, 0.3) is 0 Å². The molecule has 3 aromatic rings. The van der Waals surface area contributed by atoms with Gasteiger partial charge in [-0.25, -0.2) is 9.48 Å². The first kappa shape index (κ1) is 19.5. The summed E-state index contributed by atoms with van der Waals surface area (Å²) >= 11 is 7.72. The molecule has 29 heavy (non-hydrogen) atoms. The monoisotopic (exact) mass is 427 g/mol. The number of thioether (sulfide) groups is 1. The van der Waals surface area contributed by atoms with Crippen LogP contribution >= 0.6 is 23.4 Å². The van der Waals surface area contributed by atoms with E-state index in [-0.39, 0.29) is 0 Å². The number of rotatable bonds is 5. The van der Waals surface area contributed by atoms with Crippen molar-refractivity contribution >= 4 is 35.3 Å². The lowest BCUT2D eigenvalue weighted by atomic mass is 9.97. The fourth-order valence-electron chi connectivity index (χ4n) is 3.17. The van der Waals surface area contributed by atoms with Crippen molar-refractivity contribution in [3.8, 4) is 0 Å². The second-order valence-electron chi connectivity index (χ2n) is 6.39. The molecule has 7 nitrogen and oxygen atoms in total. The third-order valence-electron chi connectivity index (χ3n) is 4.55. The minimum absolute atomic E-state index is 0.421. The number of hydrogen-bond acceptors (Lipinski definition) is 7. The summed E-state index contributed by atoms with van der Waals surface area (Å²) in [6, 6.07) is 10.9. The Morgan fingerprint density at radius 1 is 1.31 bits per heavy atom. The molecular formula is C20H18ClN5O2S. The van der Waals surface area contributed by atoms with Crippen molar-refractivity contribution in [2.24, 2.45) is 0 Å². The normalized spacial score (nSPS) is 15.6. The number of aromatic nitrogens is 4. The van der Waals surface area contributed by atoms with Gasteiger partial charge in [0.05, 0.1) is 12.7 Å². The Morgan fingerprint density at radius 3 is 2.86 bits per heavy atom. The van der Waals surface area contributed by atoms with Crippen molar-refractivity contribution < 1.29 is 9.53 Å². The van der Waals surface area contributed by atoms with Crippen molar-refractivity contribution in [3.05, 3.63) is 76.2 Å². The molecule has 1 N–H and O–H groups in total. The van der Waals surface area contributed by atoms with Crippen molar-refractivity contribution in [1.82, 2.24) is 19.7 Å². The molecule has 0 spiro atoms. The first-order valence-electron chi connectivity index (χ1n) is 8.87. The fourth-order valence-corrected chi connectivity index (χ4v) is 4.29. The van der Waals surface area contributed by atoms with E-state index >= 15 is 0 Å². The minimum Gasteiger partial charge on any atom is -0.466 e. The van der Waals surface area contributed by atoms with Gasteiger partial charge in [-0.1, -0.05) is 47.6 Å². The Morgan fingerprint density at radius 2 is 2.14 bits per heavy atom. The van der Waals surface area contributed by atoms with Gasteiger partial charge in [0.15, 0.2) is 0 Å². The van der Waals surface area contributed by atoms with Gasteiger partial charge < -0.3 is 10.1 Å². The van der Waals surface area contributed by atoms with Crippen LogP contribution in [-0.2, 0) is 15.3 Å². The van der Waals surface area contributed by atoms with E-state index in [1.54, 1.807) is 17.1 Å². The highest BCUT2D eigenvalue weighted by Crippen LogP contribution is 2.36. The molecule has 1 unspecified atom stereocenters. The van der Waals surface area contributed by atoms with Gasteiger partial charge in [0, 0.05) is 28.9 Å². The van der Waals surface area contributed by atoms with Gasteiger partial charge in [-0.05, 0) is 30.2 Å². The molecule has 4 rings (SSSR count). The number of ether oxygens (including phenoxy) is 1. The van der Waals surface area contributed by atoms with Crippen molar-refractivity contribution in [3.63, 3.8) is 0 Å². The molecule has 1 aromatic carbocycles. The largest absolute Gasteiger partial charge is 0.466 e. The van der Waals surface area contributed by atoms with E-state index < -0.39 is 12.0 Å². The predicted octanol–water partition coefficient (Wildman–Crippen LogP) is 4.08. The molecule has 0 fully saturated rings. The highest BCUT2D eigenvalue weighted by molar-refractivity contribution is 7.98. The summed E-state index contributed by atoms with van der Waals surface area (Å²) < 4.78 is 6.71. The number of anilines is 1. The molecule has 0 saturated carbocycles. The molecular weight excluding hydrogens is 410 g/mol. The van der Waals surface area contributed by atoms with Crippen LogP contribution in [0.3, 0.4) is 0 Å². The number of fused-ring (bicyclic) bond motifs is 1. The number of carbonyl (C=O) groups excluding carboxylic acids is 1. The van der Waals surface area contributed by atoms with Crippen LogP contribution in [0.5, 0.6) is 0 Å². The third kappa shape index (κ3) is 3.86. The lowest BCUT2D eigenvalue weighted by Gasteiger charge is -2.27. The van der Waals surface area contributed by atoms with Crippen LogP contribution in [-0.4, -0.2) is 32.8 Å². The Hall–Kier alpha value is -2.84. The quantitative estimate of drug-likeness (QED) is 0.485. The molecule has 1 aliphatic rings. The van der Waals surface area contributed by atoms with Crippen LogP contribution in [0.1, 0.15) is 24.1 Å². The molecule has 0 aliphatic carbocycles. The zero-order valence-corrected chi connectivity index (χ0v) is 17.4. The maximum absolute atomic E-state index is 12.5. The first-order chi connectivity index (χ1) is 14.1. The van der Waals surface area contributed by atoms with E-state index in [4.69, 9.17) is 16.3 Å². The first-order valence-corrected chi connectivity index (χ1v) is 10.2. The predicted molar refractivity (Wildman–Crippen MR) is 112 cm³/mol. The average Bonchev–Trinajstić information content (AvgIpc) is 3.14. The van der Waals surface area contributed by atoms with Gasteiger partial charge in [0.25, 0.3) is 0 Å². The number of hydrogen-bond donors (Lipinski definition) is 1. The van der Waals surface area contributed by atoms with E-state index in [0.29, 0.717) is 33.2 Å². The molecule has 2 aromatic heterocycles. The number of methoxy groups -OCH3 is 1. The highest BCUT2D eigenvalue weighted by Gasteiger charge is 2.35. The van der Waals surface area contributed by atoms with E-state index in [2.05, 4.69) is 20.4 Å². The highest BCUT2D eigenvalue weighted by atomic mass is 35.5. The van der Waals surface area contributed by atoms with E-state index in [9.17, 15) is 4.79 Å². The molecule has 148 valence electrons. The molecule has 0 amide bonds. The van der Waals surface area contributed by atoms with Crippen LogP contribution in [0, 0.1) is 0 Å². The average molecular weight is 428 g/mol.